The minimum atomic E-state index is -0.383. The number of hydrogen-bond donors (Lipinski definition) is 1. The molecule has 28 heavy (non-hydrogen) atoms. The predicted molar refractivity (Wildman–Crippen MR) is 112 cm³/mol. The van der Waals surface area contributed by atoms with E-state index in [1.54, 1.807) is 12.1 Å². The molecule has 0 atom stereocenters. The minimum Gasteiger partial charge on any atom is -0.366 e. The highest BCUT2D eigenvalue weighted by atomic mass is 16.1. The van der Waals surface area contributed by atoms with Gasteiger partial charge < -0.3 is 15.2 Å². The molecule has 1 aliphatic heterocycles. The maximum absolute atomic E-state index is 12.4. The fourth-order valence-corrected chi connectivity index (χ4v) is 4.35. The van der Waals surface area contributed by atoms with Crippen molar-refractivity contribution in [3.8, 4) is 17.2 Å². The highest BCUT2D eigenvalue weighted by molar-refractivity contribution is 6.02. The van der Waals surface area contributed by atoms with E-state index in [2.05, 4.69) is 22.5 Å². The van der Waals surface area contributed by atoms with Crippen LogP contribution in [0.15, 0.2) is 24.3 Å². The fraction of sp³-hybridized carbons (Fsp3) is 0.478. The summed E-state index contributed by atoms with van der Waals surface area (Å²) in [4.78, 5) is 14.9. The van der Waals surface area contributed by atoms with E-state index in [-0.39, 0.29) is 5.91 Å². The molecule has 2 N–H and O–H groups in total. The van der Waals surface area contributed by atoms with Crippen LogP contribution in [0.3, 0.4) is 0 Å². The van der Waals surface area contributed by atoms with E-state index >= 15 is 0 Å². The fourth-order valence-electron chi connectivity index (χ4n) is 4.35. The number of amides is 1. The van der Waals surface area contributed by atoms with Crippen LogP contribution >= 0.6 is 0 Å². The largest absolute Gasteiger partial charge is 0.366 e. The van der Waals surface area contributed by atoms with Crippen LogP contribution in [0.2, 0.25) is 0 Å². The Kier molecular flexibility index (Phi) is 6.53. The number of carbonyl (C=O) groups is 1. The molecule has 0 radical (unpaired) electrons. The van der Waals surface area contributed by atoms with Gasteiger partial charge in [0.1, 0.15) is 0 Å². The first-order valence-corrected chi connectivity index (χ1v) is 10.3. The molecule has 5 heteroatoms. The second-order valence-corrected chi connectivity index (χ2v) is 7.64. The van der Waals surface area contributed by atoms with Gasteiger partial charge in [-0.05, 0) is 57.0 Å². The van der Waals surface area contributed by atoms with Gasteiger partial charge in [-0.15, -0.1) is 0 Å². The molecule has 0 bridgehead atoms. The summed E-state index contributed by atoms with van der Waals surface area (Å²) >= 11 is 0. The van der Waals surface area contributed by atoms with Gasteiger partial charge in [0.05, 0.1) is 17.2 Å². The van der Waals surface area contributed by atoms with Crippen molar-refractivity contribution in [3.05, 3.63) is 46.8 Å². The average molecular weight is 379 g/mol. The van der Waals surface area contributed by atoms with Gasteiger partial charge in [0.2, 0.25) is 0 Å². The third-order valence-electron chi connectivity index (χ3n) is 5.76. The Morgan fingerprint density at radius 2 is 1.82 bits per heavy atom. The molecule has 5 nitrogen and oxygen atoms in total. The molecule has 1 amide bonds. The van der Waals surface area contributed by atoms with Crippen LogP contribution in [-0.2, 0) is 13.0 Å². The molecule has 148 valence electrons. The zero-order chi connectivity index (χ0) is 20.1. The summed E-state index contributed by atoms with van der Waals surface area (Å²) in [7, 11) is 0. The molecular weight excluding hydrogens is 348 g/mol. The van der Waals surface area contributed by atoms with Gasteiger partial charge in [-0.3, -0.25) is 4.79 Å². The first-order chi connectivity index (χ1) is 13.6. The Morgan fingerprint density at radius 1 is 1.14 bits per heavy atom. The molecule has 0 aliphatic carbocycles. The van der Waals surface area contributed by atoms with Crippen molar-refractivity contribution in [2.24, 2.45) is 5.73 Å². The van der Waals surface area contributed by atoms with E-state index in [0.717, 1.165) is 55.8 Å². The van der Waals surface area contributed by atoms with Gasteiger partial charge in [-0.1, -0.05) is 31.9 Å². The van der Waals surface area contributed by atoms with Gasteiger partial charge in [0, 0.05) is 30.0 Å². The van der Waals surface area contributed by atoms with Crippen LogP contribution in [0.1, 0.15) is 59.9 Å². The highest BCUT2D eigenvalue weighted by Crippen LogP contribution is 2.34. The molecule has 0 saturated carbocycles. The topological polar surface area (TPSA) is 75.0 Å². The number of aromatic nitrogens is 1. The highest BCUT2D eigenvalue weighted by Gasteiger charge is 2.24. The van der Waals surface area contributed by atoms with E-state index in [9.17, 15) is 4.79 Å². The van der Waals surface area contributed by atoms with E-state index in [1.807, 2.05) is 19.1 Å². The zero-order valence-electron chi connectivity index (χ0n) is 17.0. The van der Waals surface area contributed by atoms with Crippen LogP contribution in [0, 0.1) is 18.3 Å². The van der Waals surface area contributed by atoms with E-state index in [1.165, 1.54) is 25.0 Å². The second kappa shape index (κ2) is 9.07. The number of primary amides is 1. The lowest BCUT2D eigenvalue weighted by molar-refractivity contribution is 0.1000. The normalized spacial score (nSPS) is 14.8. The zero-order valence-corrected chi connectivity index (χ0v) is 17.0. The molecule has 0 spiro atoms. The summed E-state index contributed by atoms with van der Waals surface area (Å²) in [6, 6.07) is 9.61. The Balaban J connectivity index is 2.03. The number of nitrogens with two attached hydrogens (primary N) is 1. The molecule has 1 saturated heterocycles. The summed E-state index contributed by atoms with van der Waals surface area (Å²) in [5.41, 5.74) is 11.1. The molecule has 3 rings (SSSR count). The monoisotopic (exact) mass is 378 g/mol. The molecule has 2 heterocycles. The number of likely N-dealkylation sites (tertiary alicyclic amines) is 1. The number of piperidine rings is 1. The minimum absolute atomic E-state index is 0.383. The molecule has 1 aliphatic rings. The molecule has 2 aromatic rings. The van der Waals surface area contributed by atoms with Gasteiger partial charge in [-0.25, -0.2) is 0 Å². The Morgan fingerprint density at radius 3 is 2.39 bits per heavy atom. The van der Waals surface area contributed by atoms with Gasteiger partial charge in [0.15, 0.2) is 0 Å². The number of carbonyl (C=O) groups excluding carboxylic acids is 1. The smallest absolute Gasteiger partial charge is 0.251 e. The van der Waals surface area contributed by atoms with Crippen LogP contribution in [0.25, 0.3) is 11.1 Å². The Hall–Kier alpha value is -2.58. The van der Waals surface area contributed by atoms with Gasteiger partial charge in [0.25, 0.3) is 5.91 Å². The first-order valence-electron chi connectivity index (χ1n) is 10.3. The molecular formula is C23H30N4O. The lowest BCUT2D eigenvalue weighted by Gasteiger charge is -2.27. The molecule has 0 unspecified atom stereocenters. The van der Waals surface area contributed by atoms with Crippen molar-refractivity contribution in [2.75, 3.05) is 19.6 Å². The SMILES string of the molecule is CCCc1c(-c2ccc(C#N)cc2)c(C(N)=O)c(C)n1CCN1CCCCC1. The van der Waals surface area contributed by atoms with Crippen LogP contribution < -0.4 is 5.73 Å². The van der Waals surface area contributed by atoms with Crippen molar-refractivity contribution >= 4 is 5.91 Å². The molecule has 1 fully saturated rings. The van der Waals surface area contributed by atoms with E-state index < -0.39 is 0 Å². The Bertz CT molecular complexity index is 867. The quantitative estimate of drug-likeness (QED) is 0.794. The molecule has 1 aromatic heterocycles. The summed E-state index contributed by atoms with van der Waals surface area (Å²) in [6.07, 6.45) is 5.76. The third kappa shape index (κ3) is 4.13. The predicted octanol–water partition coefficient (Wildman–Crippen LogP) is 3.87. The maximum Gasteiger partial charge on any atom is 0.251 e. The van der Waals surface area contributed by atoms with Gasteiger partial charge >= 0.3 is 0 Å². The lowest BCUT2D eigenvalue weighted by atomic mass is 9.97. The Labute approximate surface area is 167 Å². The summed E-state index contributed by atoms with van der Waals surface area (Å²) in [5.74, 6) is -0.383. The van der Waals surface area contributed by atoms with E-state index in [4.69, 9.17) is 11.0 Å². The van der Waals surface area contributed by atoms with Crippen molar-refractivity contribution in [1.82, 2.24) is 9.47 Å². The maximum atomic E-state index is 12.4. The second-order valence-electron chi connectivity index (χ2n) is 7.64. The van der Waals surface area contributed by atoms with Crippen molar-refractivity contribution in [1.29, 1.82) is 5.26 Å². The summed E-state index contributed by atoms with van der Waals surface area (Å²) < 4.78 is 2.30. The number of rotatable bonds is 7. The number of hydrogen-bond acceptors (Lipinski definition) is 3. The standard InChI is InChI=1S/C23H30N4O/c1-3-7-20-22(19-10-8-18(16-24)9-11-19)21(23(25)28)17(2)27(20)15-14-26-12-5-4-6-13-26/h8-11H,3-7,12-15H2,1-2H3,(H2,25,28). The van der Waals surface area contributed by atoms with Crippen molar-refractivity contribution in [2.45, 2.75) is 52.5 Å². The van der Waals surface area contributed by atoms with Crippen LogP contribution in [-0.4, -0.2) is 35.0 Å². The number of benzene rings is 1. The number of nitriles is 1. The summed E-state index contributed by atoms with van der Waals surface area (Å²) in [6.45, 7) is 8.35. The number of nitrogens with zero attached hydrogens (tertiary/aromatic N) is 3. The van der Waals surface area contributed by atoms with Crippen LogP contribution in [0.5, 0.6) is 0 Å². The third-order valence-corrected chi connectivity index (χ3v) is 5.76. The first kappa shape index (κ1) is 20.2. The lowest BCUT2D eigenvalue weighted by Crippen LogP contribution is -2.33. The van der Waals surface area contributed by atoms with Crippen molar-refractivity contribution < 1.29 is 4.79 Å². The molecule has 1 aromatic carbocycles. The van der Waals surface area contributed by atoms with E-state index in [0.29, 0.717) is 11.1 Å². The average Bonchev–Trinajstić information content (AvgIpc) is 2.99. The van der Waals surface area contributed by atoms with Crippen molar-refractivity contribution in [3.63, 3.8) is 0 Å². The summed E-state index contributed by atoms with van der Waals surface area (Å²) in [5, 5.41) is 9.09. The van der Waals surface area contributed by atoms with Crippen LogP contribution in [0.4, 0.5) is 0 Å². The van der Waals surface area contributed by atoms with Gasteiger partial charge in [-0.2, -0.15) is 5.26 Å².